The van der Waals surface area contributed by atoms with Gasteiger partial charge in [0.2, 0.25) is 17.6 Å². The maximum Gasteiger partial charge on any atom is 0.255 e. The zero-order valence-corrected chi connectivity index (χ0v) is 18.8. The molecule has 2 aromatic carbocycles. The number of carbonyl (C=O) groups excluding carboxylic acids is 2. The number of nitrogens with zero attached hydrogens (tertiary/aromatic N) is 3. The number of hydrogen-bond donors (Lipinski definition) is 1. The molecule has 0 radical (unpaired) electrons. The van der Waals surface area contributed by atoms with Crippen LogP contribution in [-0.2, 0) is 11.2 Å². The van der Waals surface area contributed by atoms with E-state index < -0.39 is 0 Å². The maximum absolute atomic E-state index is 13.1. The molecule has 0 saturated carbocycles. The van der Waals surface area contributed by atoms with Crippen molar-refractivity contribution in [1.82, 2.24) is 15.0 Å². The van der Waals surface area contributed by atoms with Crippen LogP contribution in [0, 0.1) is 5.82 Å². The highest BCUT2D eigenvalue weighted by Crippen LogP contribution is 2.24. The summed E-state index contributed by atoms with van der Waals surface area (Å²) in [7, 11) is 0. The van der Waals surface area contributed by atoms with Gasteiger partial charge in [-0.05, 0) is 68.1 Å². The predicted octanol–water partition coefficient (Wildman–Crippen LogP) is 5.12. The molecule has 7 nitrogen and oxygen atoms in total. The van der Waals surface area contributed by atoms with Gasteiger partial charge in [-0.25, -0.2) is 4.39 Å². The van der Waals surface area contributed by atoms with Crippen molar-refractivity contribution in [2.75, 3.05) is 18.4 Å². The number of halogens is 2. The highest BCUT2D eigenvalue weighted by Gasteiger charge is 2.22. The monoisotopic (exact) mass is 470 g/mol. The van der Waals surface area contributed by atoms with Crippen molar-refractivity contribution < 1.29 is 18.5 Å². The second kappa shape index (κ2) is 10.6. The van der Waals surface area contributed by atoms with Gasteiger partial charge in [-0.1, -0.05) is 16.8 Å². The second-order valence-electron chi connectivity index (χ2n) is 7.96. The number of hydrogen-bond acceptors (Lipinski definition) is 5. The Morgan fingerprint density at radius 2 is 1.85 bits per heavy atom. The molecule has 0 aliphatic carbocycles. The Morgan fingerprint density at radius 3 is 2.61 bits per heavy atom. The summed E-state index contributed by atoms with van der Waals surface area (Å²) in [5, 5.41) is 7.17. The fraction of sp³-hybridized carbons (Fsp3) is 0.333. The number of rotatable bonds is 7. The van der Waals surface area contributed by atoms with E-state index in [4.69, 9.17) is 16.1 Å². The lowest BCUT2D eigenvalue weighted by atomic mass is 10.1. The van der Waals surface area contributed by atoms with Gasteiger partial charge in [0.05, 0.1) is 11.3 Å². The molecule has 33 heavy (non-hydrogen) atoms. The molecule has 1 saturated heterocycles. The Bertz CT molecular complexity index is 1130. The van der Waals surface area contributed by atoms with Crippen LogP contribution in [0.15, 0.2) is 47.0 Å². The molecule has 1 fully saturated rings. The highest BCUT2D eigenvalue weighted by atomic mass is 35.5. The summed E-state index contributed by atoms with van der Waals surface area (Å²) in [5.74, 6) is 0.0955. The lowest BCUT2D eigenvalue weighted by Crippen LogP contribution is -2.36. The van der Waals surface area contributed by atoms with E-state index in [0.29, 0.717) is 46.4 Å². The molecular formula is C24H24ClFN4O3. The number of carbonyl (C=O) groups is 2. The van der Waals surface area contributed by atoms with Crippen LogP contribution in [0.4, 0.5) is 10.1 Å². The Labute approximate surface area is 195 Å². The smallest absolute Gasteiger partial charge is 0.255 e. The van der Waals surface area contributed by atoms with E-state index >= 15 is 0 Å². The third-order valence-electron chi connectivity index (χ3n) is 5.49. The standard InChI is InChI=1S/C24H24ClFN4O3/c25-17-9-12-19(24(32)30-13-2-1-3-14-30)20(15-17)27-21(31)5-4-6-22-28-23(29-33-22)16-7-10-18(26)11-8-16/h7-12,15H,1-6,13-14H2,(H,27,31). The van der Waals surface area contributed by atoms with Crippen LogP contribution >= 0.6 is 11.6 Å². The van der Waals surface area contributed by atoms with Crippen LogP contribution in [0.2, 0.25) is 5.02 Å². The van der Waals surface area contributed by atoms with Gasteiger partial charge in [0.1, 0.15) is 5.82 Å². The molecule has 1 N–H and O–H groups in total. The number of aromatic nitrogens is 2. The summed E-state index contributed by atoms with van der Waals surface area (Å²) >= 11 is 6.11. The minimum Gasteiger partial charge on any atom is -0.339 e. The van der Waals surface area contributed by atoms with Crippen molar-refractivity contribution in [2.24, 2.45) is 0 Å². The van der Waals surface area contributed by atoms with Crippen molar-refractivity contribution in [2.45, 2.75) is 38.5 Å². The van der Waals surface area contributed by atoms with Gasteiger partial charge < -0.3 is 14.7 Å². The molecule has 2 heterocycles. The molecule has 2 amide bonds. The number of likely N-dealkylation sites (tertiary alicyclic amines) is 1. The fourth-order valence-corrected chi connectivity index (χ4v) is 3.93. The molecular weight excluding hydrogens is 447 g/mol. The Morgan fingerprint density at radius 1 is 1.09 bits per heavy atom. The lowest BCUT2D eigenvalue weighted by Gasteiger charge is -2.27. The van der Waals surface area contributed by atoms with Crippen molar-refractivity contribution >= 4 is 29.1 Å². The van der Waals surface area contributed by atoms with Crippen LogP contribution in [0.25, 0.3) is 11.4 Å². The molecule has 9 heteroatoms. The van der Waals surface area contributed by atoms with Gasteiger partial charge in [0, 0.05) is 36.5 Å². The summed E-state index contributed by atoms with van der Waals surface area (Å²) in [4.78, 5) is 31.6. The number of piperidine rings is 1. The molecule has 3 aromatic rings. The van der Waals surface area contributed by atoms with Crippen LogP contribution < -0.4 is 5.32 Å². The van der Waals surface area contributed by atoms with E-state index in [2.05, 4.69) is 15.5 Å². The minimum atomic E-state index is -0.339. The molecule has 1 aliphatic heterocycles. The van der Waals surface area contributed by atoms with E-state index in [-0.39, 0.29) is 24.1 Å². The number of aryl methyl sites for hydroxylation is 1. The van der Waals surface area contributed by atoms with E-state index in [1.807, 2.05) is 4.90 Å². The summed E-state index contributed by atoms with van der Waals surface area (Å²) in [5.41, 5.74) is 1.51. The molecule has 0 bridgehead atoms. The molecule has 0 spiro atoms. The van der Waals surface area contributed by atoms with Crippen molar-refractivity contribution in [3.8, 4) is 11.4 Å². The van der Waals surface area contributed by atoms with E-state index in [9.17, 15) is 14.0 Å². The lowest BCUT2D eigenvalue weighted by molar-refractivity contribution is -0.116. The zero-order valence-electron chi connectivity index (χ0n) is 18.0. The largest absolute Gasteiger partial charge is 0.339 e. The highest BCUT2D eigenvalue weighted by molar-refractivity contribution is 6.31. The summed E-state index contributed by atoms with van der Waals surface area (Å²) in [6, 6.07) is 10.7. The first-order valence-corrected chi connectivity index (χ1v) is 11.3. The quantitative estimate of drug-likeness (QED) is 0.518. The van der Waals surface area contributed by atoms with E-state index in [1.165, 1.54) is 12.1 Å². The summed E-state index contributed by atoms with van der Waals surface area (Å²) in [6.45, 7) is 1.44. The zero-order chi connectivity index (χ0) is 23.2. The molecule has 0 unspecified atom stereocenters. The molecule has 4 rings (SSSR count). The third-order valence-corrected chi connectivity index (χ3v) is 5.73. The van der Waals surface area contributed by atoms with Gasteiger partial charge in [0.25, 0.3) is 5.91 Å². The summed E-state index contributed by atoms with van der Waals surface area (Å²) in [6.07, 6.45) is 4.19. The van der Waals surface area contributed by atoms with Gasteiger partial charge >= 0.3 is 0 Å². The number of nitrogens with one attached hydrogen (secondary N) is 1. The summed E-state index contributed by atoms with van der Waals surface area (Å²) < 4.78 is 18.3. The minimum absolute atomic E-state index is 0.0964. The van der Waals surface area contributed by atoms with Crippen molar-refractivity contribution in [3.63, 3.8) is 0 Å². The molecule has 1 aromatic heterocycles. The van der Waals surface area contributed by atoms with E-state index in [0.717, 1.165) is 32.4 Å². The molecule has 1 aliphatic rings. The van der Waals surface area contributed by atoms with Crippen LogP contribution in [-0.4, -0.2) is 39.9 Å². The number of benzene rings is 2. The average molecular weight is 471 g/mol. The number of anilines is 1. The predicted molar refractivity (Wildman–Crippen MR) is 122 cm³/mol. The Kier molecular flexibility index (Phi) is 7.34. The average Bonchev–Trinajstić information content (AvgIpc) is 3.29. The second-order valence-corrected chi connectivity index (χ2v) is 8.40. The maximum atomic E-state index is 13.1. The van der Waals surface area contributed by atoms with E-state index in [1.54, 1.807) is 30.3 Å². The van der Waals surface area contributed by atoms with Gasteiger partial charge in [-0.3, -0.25) is 9.59 Å². The Balaban J connectivity index is 1.33. The van der Waals surface area contributed by atoms with Crippen LogP contribution in [0.5, 0.6) is 0 Å². The topological polar surface area (TPSA) is 88.3 Å². The third kappa shape index (κ3) is 5.96. The molecule has 172 valence electrons. The SMILES string of the molecule is O=C(CCCc1nc(-c2ccc(F)cc2)no1)Nc1cc(Cl)ccc1C(=O)N1CCCCC1. The van der Waals surface area contributed by atoms with Crippen LogP contribution in [0.3, 0.4) is 0 Å². The van der Waals surface area contributed by atoms with Gasteiger partial charge in [-0.15, -0.1) is 0 Å². The normalized spacial score (nSPS) is 13.7. The molecule has 0 atom stereocenters. The first kappa shape index (κ1) is 22.9. The van der Waals surface area contributed by atoms with Crippen molar-refractivity contribution in [3.05, 3.63) is 64.8 Å². The first-order chi connectivity index (χ1) is 16.0. The first-order valence-electron chi connectivity index (χ1n) is 11.0. The van der Waals surface area contributed by atoms with Gasteiger partial charge in [-0.2, -0.15) is 4.98 Å². The van der Waals surface area contributed by atoms with Crippen LogP contribution in [0.1, 0.15) is 48.4 Å². The number of amides is 2. The van der Waals surface area contributed by atoms with Crippen molar-refractivity contribution in [1.29, 1.82) is 0 Å². The van der Waals surface area contributed by atoms with Gasteiger partial charge in [0.15, 0.2) is 0 Å². The Hall–Kier alpha value is -3.26. The fourth-order valence-electron chi connectivity index (χ4n) is 3.76.